The molecule has 102 valence electrons. The Labute approximate surface area is 117 Å². The van der Waals surface area contributed by atoms with Gasteiger partial charge in [-0.2, -0.15) is 0 Å². The maximum atomic E-state index is 12.3. The lowest BCUT2D eigenvalue weighted by Crippen LogP contribution is -2.39. The van der Waals surface area contributed by atoms with Crippen LogP contribution in [0.25, 0.3) is 0 Å². The molecule has 0 saturated heterocycles. The van der Waals surface area contributed by atoms with Crippen LogP contribution in [0.3, 0.4) is 0 Å². The average molecular weight is 268 g/mol. The van der Waals surface area contributed by atoms with Crippen LogP contribution >= 0.6 is 0 Å². The Morgan fingerprint density at radius 3 is 2.60 bits per heavy atom. The number of carbonyl (C=O) groups excluding carboxylic acids is 1. The van der Waals surface area contributed by atoms with Gasteiger partial charge in [-0.1, -0.05) is 30.3 Å². The second kappa shape index (κ2) is 4.89. The van der Waals surface area contributed by atoms with E-state index >= 15 is 0 Å². The highest BCUT2D eigenvalue weighted by Gasteiger charge is 2.27. The maximum Gasteiger partial charge on any atom is 0.259 e. The number of anilines is 1. The summed E-state index contributed by atoms with van der Waals surface area (Å²) in [7, 11) is 1.57. The molecule has 0 spiro atoms. The molecule has 2 aromatic carbocycles. The minimum absolute atomic E-state index is 0.121. The molecule has 1 amide bonds. The van der Waals surface area contributed by atoms with Gasteiger partial charge in [0.15, 0.2) is 0 Å². The molecule has 0 fully saturated rings. The van der Waals surface area contributed by atoms with Gasteiger partial charge >= 0.3 is 0 Å². The fourth-order valence-corrected chi connectivity index (χ4v) is 2.52. The van der Waals surface area contributed by atoms with Gasteiger partial charge in [-0.25, -0.2) is 0 Å². The Kier molecular flexibility index (Phi) is 3.06. The number of aryl methyl sites for hydroxylation is 1. The fraction of sp³-hybridized carbons (Fsp3) is 0.188. The molecule has 4 nitrogen and oxygen atoms in total. The zero-order chi connectivity index (χ0) is 14.1. The number of nitrogens with one attached hydrogen (secondary N) is 2. The Morgan fingerprint density at radius 1 is 1.05 bits per heavy atom. The number of rotatable bonds is 2. The Hall–Kier alpha value is -2.49. The summed E-state index contributed by atoms with van der Waals surface area (Å²) in [5.41, 5.74) is 3.55. The molecule has 3 rings (SSSR count). The summed E-state index contributed by atoms with van der Waals surface area (Å²) in [6.45, 7) is 2.03. The molecule has 1 atom stereocenters. The highest BCUT2D eigenvalue weighted by atomic mass is 16.5. The van der Waals surface area contributed by atoms with Crippen molar-refractivity contribution in [2.24, 2.45) is 0 Å². The van der Waals surface area contributed by atoms with Gasteiger partial charge in [0.05, 0.1) is 12.8 Å². The number of ether oxygens (including phenoxy) is 1. The highest BCUT2D eigenvalue weighted by molar-refractivity contribution is 6.04. The number of carbonyl (C=O) groups is 1. The molecular formula is C16H16N2O2. The maximum absolute atomic E-state index is 12.3. The summed E-state index contributed by atoms with van der Waals surface area (Å²) in [6, 6.07) is 13.6. The smallest absolute Gasteiger partial charge is 0.259 e. The molecule has 1 heterocycles. The SMILES string of the molecule is COc1cccc2c1C(=O)NC(c1ccccc1C)N2. The standard InChI is InChI=1S/C16H16N2O2/c1-10-6-3-4-7-11(10)15-17-12-8-5-9-13(20-2)14(12)16(19)18-15/h3-9,15,17H,1-2H3,(H,18,19). The van der Waals surface area contributed by atoms with Gasteiger partial charge in [0, 0.05) is 0 Å². The Morgan fingerprint density at radius 2 is 1.85 bits per heavy atom. The summed E-state index contributed by atoms with van der Waals surface area (Å²) < 4.78 is 5.25. The second-order valence-electron chi connectivity index (χ2n) is 4.79. The van der Waals surface area contributed by atoms with Crippen LogP contribution in [0.2, 0.25) is 0 Å². The van der Waals surface area contributed by atoms with E-state index in [9.17, 15) is 4.79 Å². The first kappa shape index (κ1) is 12.5. The zero-order valence-electron chi connectivity index (χ0n) is 11.4. The summed E-state index contributed by atoms with van der Waals surface area (Å²) in [6.07, 6.45) is -0.219. The number of amides is 1. The lowest BCUT2D eigenvalue weighted by molar-refractivity contribution is 0.0932. The van der Waals surface area contributed by atoms with Crippen molar-refractivity contribution in [3.8, 4) is 5.75 Å². The van der Waals surface area contributed by atoms with E-state index in [1.165, 1.54) is 0 Å². The molecule has 0 bridgehead atoms. The highest BCUT2D eigenvalue weighted by Crippen LogP contribution is 2.33. The molecule has 1 unspecified atom stereocenters. The van der Waals surface area contributed by atoms with Gasteiger partial charge in [0.1, 0.15) is 17.5 Å². The number of methoxy groups -OCH3 is 1. The van der Waals surface area contributed by atoms with E-state index in [-0.39, 0.29) is 12.1 Å². The van der Waals surface area contributed by atoms with Gasteiger partial charge in [0.25, 0.3) is 5.91 Å². The summed E-state index contributed by atoms with van der Waals surface area (Å²) in [5.74, 6) is 0.459. The van der Waals surface area contributed by atoms with Crippen molar-refractivity contribution in [3.05, 3.63) is 59.2 Å². The minimum Gasteiger partial charge on any atom is -0.496 e. The normalized spacial score (nSPS) is 16.9. The second-order valence-corrected chi connectivity index (χ2v) is 4.79. The average Bonchev–Trinajstić information content (AvgIpc) is 2.46. The van der Waals surface area contributed by atoms with E-state index in [4.69, 9.17) is 4.74 Å². The van der Waals surface area contributed by atoms with E-state index in [1.807, 2.05) is 43.3 Å². The molecule has 0 aliphatic carbocycles. The fourth-order valence-electron chi connectivity index (χ4n) is 2.52. The predicted octanol–water partition coefficient (Wildman–Crippen LogP) is 2.86. The molecule has 20 heavy (non-hydrogen) atoms. The van der Waals surface area contributed by atoms with Crippen molar-refractivity contribution in [3.63, 3.8) is 0 Å². The van der Waals surface area contributed by atoms with Crippen LogP contribution in [-0.2, 0) is 0 Å². The van der Waals surface area contributed by atoms with Crippen LogP contribution in [0.1, 0.15) is 27.7 Å². The number of fused-ring (bicyclic) bond motifs is 1. The van der Waals surface area contributed by atoms with Gasteiger partial charge in [-0.3, -0.25) is 4.79 Å². The predicted molar refractivity (Wildman–Crippen MR) is 78.0 cm³/mol. The molecule has 0 aromatic heterocycles. The molecule has 1 aliphatic heterocycles. The first-order chi connectivity index (χ1) is 9.70. The summed E-state index contributed by atoms with van der Waals surface area (Å²) in [5, 5.41) is 6.32. The third-order valence-electron chi connectivity index (χ3n) is 3.55. The van der Waals surface area contributed by atoms with Crippen LogP contribution in [0.4, 0.5) is 5.69 Å². The number of benzene rings is 2. The van der Waals surface area contributed by atoms with Gasteiger partial charge < -0.3 is 15.4 Å². The van der Waals surface area contributed by atoms with Crippen molar-refractivity contribution >= 4 is 11.6 Å². The number of hydrogen-bond donors (Lipinski definition) is 2. The Balaban J connectivity index is 2.02. The summed E-state index contributed by atoms with van der Waals surface area (Å²) in [4.78, 5) is 12.3. The lowest BCUT2D eigenvalue weighted by Gasteiger charge is -2.29. The monoisotopic (exact) mass is 268 g/mol. The third-order valence-corrected chi connectivity index (χ3v) is 3.55. The first-order valence-electron chi connectivity index (χ1n) is 6.50. The Bertz CT molecular complexity index is 667. The molecule has 0 saturated carbocycles. The molecule has 2 N–H and O–H groups in total. The van der Waals surface area contributed by atoms with E-state index in [0.717, 1.165) is 16.8 Å². The molecule has 1 aliphatic rings. The van der Waals surface area contributed by atoms with Crippen molar-refractivity contribution in [2.75, 3.05) is 12.4 Å². The van der Waals surface area contributed by atoms with Gasteiger partial charge in [-0.15, -0.1) is 0 Å². The topological polar surface area (TPSA) is 50.4 Å². The van der Waals surface area contributed by atoms with Crippen molar-refractivity contribution < 1.29 is 9.53 Å². The molecule has 2 aromatic rings. The zero-order valence-corrected chi connectivity index (χ0v) is 11.4. The van der Waals surface area contributed by atoms with Crippen LogP contribution < -0.4 is 15.4 Å². The first-order valence-corrected chi connectivity index (χ1v) is 6.50. The van der Waals surface area contributed by atoms with Gasteiger partial charge in [0.2, 0.25) is 0 Å². The number of hydrogen-bond acceptors (Lipinski definition) is 3. The van der Waals surface area contributed by atoms with Crippen molar-refractivity contribution in [2.45, 2.75) is 13.1 Å². The minimum atomic E-state index is -0.219. The summed E-state index contributed by atoms with van der Waals surface area (Å²) >= 11 is 0. The van der Waals surface area contributed by atoms with Crippen molar-refractivity contribution in [1.82, 2.24) is 5.32 Å². The van der Waals surface area contributed by atoms with Crippen molar-refractivity contribution in [1.29, 1.82) is 0 Å². The van der Waals surface area contributed by atoms with Crippen LogP contribution in [0.15, 0.2) is 42.5 Å². The lowest BCUT2D eigenvalue weighted by atomic mass is 10.0. The van der Waals surface area contributed by atoms with E-state index in [1.54, 1.807) is 13.2 Å². The van der Waals surface area contributed by atoms with Gasteiger partial charge in [-0.05, 0) is 30.2 Å². The molecule has 0 radical (unpaired) electrons. The molecular weight excluding hydrogens is 252 g/mol. The van der Waals surface area contributed by atoms with Crippen LogP contribution in [-0.4, -0.2) is 13.0 Å². The van der Waals surface area contributed by atoms with E-state index in [0.29, 0.717) is 11.3 Å². The van der Waals surface area contributed by atoms with E-state index in [2.05, 4.69) is 10.6 Å². The van der Waals surface area contributed by atoms with E-state index < -0.39 is 0 Å². The largest absolute Gasteiger partial charge is 0.496 e. The van der Waals surface area contributed by atoms with Crippen LogP contribution in [0, 0.1) is 6.92 Å². The third kappa shape index (κ3) is 1.99. The molecule has 4 heteroatoms. The van der Waals surface area contributed by atoms with Crippen LogP contribution in [0.5, 0.6) is 5.75 Å². The quantitative estimate of drug-likeness (QED) is 0.880.